The predicted molar refractivity (Wildman–Crippen MR) is 184 cm³/mol. The number of hydrogen-bond donors (Lipinski definition) is 3. The number of rotatable bonds is 16. The van der Waals surface area contributed by atoms with Gasteiger partial charge in [-0.3, -0.25) is 15.2 Å². The molecule has 0 aliphatic carbocycles. The van der Waals surface area contributed by atoms with Crippen LogP contribution >= 0.6 is 0 Å². The summed E-state index contributed by atoms with van der Waals surface area (Å²) in [4.78, 5) is 5.38. The molecule has 2 fully saturated rings. The lowest BCUT2D eigenvalue weighted by atomic mass is 9.78. The van der Waals surface area contributed by atoms with E-state index in [1.807, 2.05) is 0 Å². The zero-order chi connectivity index (χ0) is 31.4. The topological polar surface area (TPSA) is 79.1 Å². The van der Waals surface area contributed by atoms with Crippen molar-refractivity contribution in [2.75, 3.05) is 13.1 Å². The molecule has 0 aromatic rings. The number of unbranched alkanes of at least 4 members (excludes halogenated alkanes) is 10. The Balaban J connectivity index is 1.89. The molecule has 0 aromatic carbocycles. The molecule has 0 unspecified atom stereocenters. The summed E-state index contributed by atoms with van der Waals surface area (Å²) in [7, 11) is 0. The van der Waals surface area contributed by atoms with Crippen LogP contribution in [0.15, 0.2) is 10.2 Å². The van der Waals surface area contributed by atoms with Crippen molar-refractivity contribution in [2.45, 2.75) is 194 Å². The van der Waals surface area contributed by atoms with Crippen molar-refractivity contribution in [2.24, 2.45) is 10.2 Å². The largest absolute Gasteiger partial charge is 0.292 e. The molecule has 2 rings (SSSR count). The molecule has 7 nitrogen and oxygen atoms in total. The van der Waals surface area contributed by atoms with Crippen LogP contribution in [0.3, 0.4) is 0 Å². The first-order valence-corrected chi connectivity index (χ1v) is 17.4. The lowest BCUT2D eigenvalue weighted by Crippen LogP contribution is -2.61. The molecule has 0 spiro atoms. The summed E-state index contributed by atoms with van der Waals surface area (Å²) in [5, 5.41) is 17.9. The molecule has 0 atom stereocenters. The fourth-order valence-electron chi connectivity index (χ4n) is 7.91. The third-order valence-electron chi connectivity index (χ3n) is 9.59. The Labute approximate surface area is 260 Å². The second-order valence-electron chi connectivity index (χ2n) is 15.8. The van der Waals surface area contributed by atoms with Crippen molar-refractivity contribution in [3.8, 4) is 0 Å². The van der Waals surface area contributed by atoms with E-state index in [1.54, 1.807) is 0 Å². The smallest absolute Gasteiger partial charge is 0.230 e. The molecule has 2 aliphatic heterocycles. The molecule has 0 aromatic heterocycles. The average molecular weight is 588 g/mol. The van der Waals surface area contributed by atoms with Crippen LogP contribution in [-0.4, -0.2) is 62.4 Å². The molecule has 0 radical (unpaired) electrons. The fourth-order valence-corrected chi connectivity index (χ4v) is 7.91. The molecule has 0 amide bonds. The second kappa shape index (κ2) is 16.6. The minimum atomic E-state index is 0.0438. The maximum absolute atomic E-state index is 8.46. The standard InChI is InChI=1S/C35H69N7/c1-11-13-15-17-19-21-23-41-32(3,4)25-29(26-33(41,5)6)37-39-31(36)40-38-30-27-34(7,8)42(35(9,10)28-30)24-22-20-18-16-14-12-2/h11-28H2,1-10H3,(H3,36,39,40). The summed E-state index contributed by atoms with van der Waals surface area (Å²) < 4.78 is 0. The summed E-state index contributed by atoms with van der Waals surface area (Å²) in [5.41, 5.74) is 8.40. The average Bonchev–Trinajstić information content (AvgIpc) is 2.87. The molecular weight excluding hydrogens is 518 g/mol. The molecule has 0 saturated carbocycles. The minimum Gasteiger partial charge on any atom is -0.292 e. The first kappa shape index (κ1) is 36.7. The van der Waals surface area contributed by atoms with E-state index in [-0.39, 0.29) is 28.1 Å². The van der Waals surface area contributed by atoms with E-state index in [0.717, 1.165) is 50.2 Å². The zero-order valence-electron chi connectivity index (χ0n) is 29.5. The molecule has 244 valence electrons. The first-order chi connectivity index (χ1) is 19.6. The van der Waals surface area contributed by atoms with E-state index < -0.39 is 0 Å². The number of guanidine groups is 1. The number of piperidine rings is 2. The van der Waals surface area contributed by atoms with E-state index in [1.165, 1.54) is 77.0 Å². The van der Waals surface area contributed by atoms with Crippen LogP contribution in [0.2, 0.25) is 0 Å². The predicted octanol–water partition coefficient (Wildman–Crippen LogP) is 8.84. The van der Waals surface area contributed by atoms with Crippen molar-refractivity contribution < 1.29 is 0 Å². The lowest BCUT2D eigenvalue weighted by molar-refractivity contribution is 0.00775. The maximum Gasteiger partial charge on any atom is 0.230 e. The third-order valence-corrected chi connectivity index (χ3v) is 9.59. The Hall–Kier alpha value is -1.47. The van der Waals surface area contributed by atoms with E-state index in [4.69, 9.17) is 15.6 Å². The monoisotopic (exact) mass is 588 g/mol. The molecule has 2 aliphatic rings. The van der Waals surface area contributed by atoms with Gasteiger partial charge in [0.25, 0.3) is 0 Å². The van der Waals surface area contributed by atoms with Crippen LogP contribution in [0.5, 0.6) is 0 Å². The van der Waals surface area contributed by atoms with E-state index >= 15 is 0 Å². The van der Waals surface area contributed by atoms with Crippen molar-refractivity contribution in [3.63, 3.8) is 0 Å². The van der Waals surface area contributed by atoms with Gasteiger partial charge in [-0.15, -0.1) is 0 Å². The Morgan fingerprint density at radius 1 is 0.548 bits per heavy atom. The van der Waals surface area contributed by atoms with Gasteiger partial charge in [0.2, 0.25) is 5.96 Å². The first-order valence-electron chi connectivity index (χ1n) is 17.4. The van der Waals surface area contributed by atoms with Crippen molar-refractivity contribution >= 4 is 17.4 Å². The van der Waals surface area contributed by atoms with Gasteiger partial charge in [-0.1, -0.05) is 78.1 Å². The molecular formula is C35H69N7. The van der Waals surface area contributed by atoms with Crippen LogP contribution in [0, 0.1) is 5.41 Å². The van der Waals surface area contributed by atoms with Gasteiger partial charge in [0.1, 0.15) is 0 Å². The van der Waals surface area contributed by atoms with Crippen molar-refractivity contribution in [1.82, 2.24) is 20.7 Å². The number of nitrogens with one attached hydrogen (secondary N) is 3. The van der Waals surface area contributed by atoms with Gasteiger partial charge in [0.05, 0.1) is 0 Å². The highest BCUT2D eigenvalue weighted by Crippen LogP contribution is 2.38. The highest BCUT2D eigenvalue weighted by molar-refractivity contribution is 5.90. The van der Waals surface area contributed by atoms with Crippen LogP contribution in [-0.2, 0) is 0 Å². The van der Waals surface area contributed by atoms with Crippen molar-refractivity contribution in [3.05, 3.63) is 0 Å². The van der Waals surface area contributed by atoms with Gasteiger partial charge in [-0.25, -0.2) is 10.9 Å². The third kappa shape index (κ3) is 11.6. The Kier molecular flexibility index (Phi) is 14.5. The van der Waals surface area contributed by atoms with Crippen LogP contribution in [0.25, 0.3) is 0 Å². The maximum atomic E-state index is 8.46. The summed E-state index contributed by atoms with van der Waals surface area (Å²) in [5.74, 6) is 0.144. The summed E-state index contributed by atoms with van der Waals surface area (Å²) >= 11 is 0. The summed E-state index contributed by atoms with van der Waals surface area (Å²) in [6.07, 6.45) is 19.6. The zero-order valence-corrected chi connectivity index (χ0v) is 29.5. The normalized spacial score (nSPS) is 21.7. The summed E-state index contributed by atoms with van der Waals surface area (Å²) in [6.45, 7) is 25.6. The second-order valence-corrected chi connectivity index (χ2v) is 15.8. The molecule has 2 heterocycles. The Morgan fingerprint density at radius 3 is 1.14 bits per heavy atom. The molecule has 0 bridgehead atoms. The van der Waals surface area contributed by atoms with Crippen LogP contribution < -0.4 is 10.9 Å². The number of hydrogen-bond acceptors (Lipinski definition) is 5. The van der Waals surface area contributed by atoms with E-state index in [2.05, 4.69) is 89.9 Å². The highest BCUT2D eigenvalue weighted by atomic mass is 15.5. The molecule has 42 heavy (non-hydrogen) atoms. The van der Waals surface area contributed by atoms with Gasteiger partial charge < -0.3 is 0 Å². The Morgan fingerprint density at radius 2 is 0.833 bits per heavy atom. The lowest BCUT2D eigenvalue weighted by Gasteiger charge is -2.53. The highest BCUT2D eigenvalue weighted by Gasteiger charge is 2.44. The Bertz CT molecular complexity index is 774. The fraction of sp³-hybridized carbons (Fsp3) is 0.914. The minimum absolute atomic E-state index is 0.0438. The van der Waals surface area contributed by atoms with E-state index in [0.29, 0.717) is 0 Å². The van der Waals surface area contributed by atoms with Crippen LogP contribution in [0.1, 0.15) is 172 Å². The number of likely N-dealkylation sites (tertiary alicyclic amines) is 2. The van der Waals surface area contributed by atoms with Gasteiger partial charge in [-0.2, -0.15) is 10.2 Å². The van der Waals surface area contributed by atoms with Gasteiger partial charge in [0, 0.05) is 59.3 Å². The molecule has 3 N–H and O–H groups in total. The van der Waals surface area contributed by atoms with Gasteiger partial charge in [-0.05, 0) is 81.3 Å². The quantitative estimate of drug-likeness (QED) is 0.0729. The SMILES string of the molecule is CCCCCCCCN1C(C)(C)CC(=NNC(=N)NN=C2CC(C)(C)N(CCCCCCCC)C(C)(C)C2)CC1(C)C. The van der Waals surface area contributed by atoms with Gasteiger partial charge >= 0.3 is 0 Å². The van der Waals surface area contributed by atoms with Crippen molar-refractivity contribution in [1.29, 1.82) is 5.41 Å². The molecule has 2 saturated heterocycles. The molecule has 7 heteroatoms. The summed E-state index contributed by atoms with van der Waals surface area (Å²) in [6, 6.07) is 0. The number of nitrogens with zero attached hydrogens (tertiary/aromatic N) is 4. The van der Waals surface area contributed by atoms with Gasteiger partial charge in [0.15, 0.2) is 0 Å². The number of hydrazone groups is 2. The van der Waals surface area contributed by atoms with Crippen LogP contribution in [0.4, 0.5) is 0 Å². The van der Waals surface area contributed by atoms with E-state index in [9.17, 15) is 0 Å².